The van der Waals surface area contributed by atoms with E-state index in [-0.39, 0.29) is 59.1 Å². The molecule has 17 atom stereocenters. The van der Waals surface area contributed by atoms with Gasteiger partial charge in [0.25, 0.3) is 5.79 Å². The maximum Gasteiger partial charge on any atom is 1.00 e. The zero-order chi connectivity index (χ0) is 37.2. The second kappa shape index (κ2) is 20.1. The van der Waals surface area contributed by atoms with Crippen LogP contribution in [-0.4, -0.2) is 207 Å². The molecule has 3 aliphatic rings. The van der Waals surface area contributed by atoms with Crippen molar-refractivity contribution >= 4 is 17.8 Å². The van der Waals surface area contributed by atoms with Crippen molar-refractivity contribution in [3.8, 4) is 0 Å². The molecule has 0 amide bonds. The Balaban J connectivity index is 0.00000650. The van der Waals surface area contributed by atoms with Crippen molar-refractivity contribution in [2.45, 2.75) is 123 Å². The fraction of sp³-hybridized carbons (Fsp3) is 0.885. The summed E-state index contributed by atoms with van der Waals surface area (Å²) in [5.41, 5.74) is 0. The van der Waals surface area contributed by atoms with E-state index in [1.54, 1.807) is 0 Å². The first-order valence-corrected chi connectivity index (χ1v) is 14.8. The van der Waals surface area contributed by atoms with Crippen molar-refractivity contribution in [3.05, 3.63) is 0 Å². The molecular weight excluding hydrogens is 724 g/mol. The molecular formula is C26H41NNa2O22. The molecule has 284 valence electrons. The van der Waals surface area contributed by atoms with Crippen molar-refractivity contribution in [1.29, 1.82) is 0 Å². The van der Waals surface area contributed by atoms with Gasteiger partial charge in [-0.3, -0.25) is 4.99 Å². The van der Waals surface area contributed by atoms with E-state index >= 15 is 0 Å². The molecule has 0 spiro atoms. The van der Waals surface area contributed by atoms with Crippen molar-refractivity contribution in [2.75, 3.05) is 19.8 Å². The number of hydrogen-bond acceptors (Lipinski definition) is 22. The monoisotopic (exact) mass is 765 g/mol. The van der Waals surface area contributed by atoms with Crippen molar-refractivity contribution < 1.29 is 169 Å². The van der Waals surface area contributed by atoms with Crippen LogP contribution in [0.2, 0.25) is 0 Å². The third-order valence-corrected chi connectivity index (χ3v) is 8.29. The van der Waals surface area contributed by atoms with E-state index in [4.69, 9.17) is 23.7 Å². The molecule has 23 nitrogen and oxygen atoms in total. The van der Waals surface area contributed by atoms with E-state index in [1.807, 2.05) is 0 Å². The number of aliphatic hydroxyl groups excluding tert-OH is 11. The van der Waals surface area contributed by atoms with Gasteiger partial charge in [0, 0.05) is 12.8 Å². The molecule has 0 bridgehead atoms. The van der Waals surface area contributed by atoms with Gasteiger partial charge in [-0.25, -0.2) is 4.79 Å². The first-order valence-electron chi connectivity index (χ1n) is 14.8. The maximum atomic E-state index is 12.6. The van der Waals surface area contributed by atoms with Crippen LogP contribution < -0.4 is 69.3 Å². The zero-order valence-corrected chi connectivity index (χ0v) is 31.6. The van der Waals surface area contributed by atoms with Crippen LogP contribution >= 0.6 is 0 Å². The smallest absolute Gasteiger partial charge is 0.862 e. The molecule has 3 heterocycles. The number of carboxylic acid groups (broad SMARTS) is 2. The van der Waals surface area contributed by atoms with Gasteiger partial charge in [0.1, 0.15) is 79.2 Å². The van der Waals surface area contributed by atoms with Gasteiger partial charge in [0.2, 0.25) is 5.79 Å². The number of aliphatic hydroxyl groups is 12. The molecule has 3 fully saturated rings. The fourth-order valence-corrected chi connectivity index (χ4v) is 5.61. The third kappa shape index (κ3) is 10.9. The summed E-state index contributed by atoms with van der Waals surface area (Å²) < 4.78 is 26.2. The molecule has 0 radical (unpaired) electrons. The largest absolute Gasteiger partial charge is 1.00 e. The number of aliphatic imine (C=N–C) groups is 1. The zero-order valence-electron chi connectivity index (χ0n) is 27.6. The summed E-state index contributed by atoms with van der Waals surface area (Å²) in [6, 6.07) is -1.71. The molecule has 0 aliphatic carbocycles. The number of nitrogens with zero attached hydrogens (tertiary/aromatic N) is 1. The van der Waals surface area contributed by atoms with Crippen LogP contribution in [0.5, 0.6) is 0 Å². The van der Waals surface area contributed by atoms with E-state index in [2.05, 4.69) is 4.99 Å². The molecule has 0 aromatic carbocycles. The van der Waals surface area contributed by atoms with Gasteiger partial charge < -0.3 is 105 Å². The molecule has 0 aromatic heterocycles. The van der Waals surface area contributed by atoms with Crippen LogP contribution in [0, 0.1) is 0 Å². The average molecular weight is 766 g/mol. The van der Waals surface area contributed by atoms with Crippen molar-refractivity contribution in [1.82, 2.24) is 0 Å². The van der Waals surface area contributed by atoms with Gasteiger partial charge in [-0.1, -0.05) is 0 Å². The SMILES string of the molecule is CC([O-])=N[C@H]1[C@H]([C@H](O)[C@H](O)CO)O[C@@](O[C@H]2[C@@H](O)[C@@H](CO)O[C@@H](OC[C@@H](O)[C@@H](O)[C@@H]3O[C@](O)(C(=O)[O-])C[C@H](O)[C@H]3O)[C@@H]2O)(C(=O)O)C[C@@H]1O.[Na+].[Na+]. The minimum absolute atomic E-state index is 0. The summed E-state index contributed by atoms with van der Waals surface area (Å²) in [6.45, 7) is -2.26. The molecule has 0 aromatic rings. The minimum Gasteiger partial charge on any atom is -0.862 e. The number of ether oxygens (including phenoxy) is 5. The van der Waals surface area contributed by atoms with Gasteiger partial charge in [-0.15, -0.1) is 0 Å². The molecule has 3 rings (SSSR count). The maximum absolute atomic E-state index is 12.6. The summed E-state index contributed by atoms with van der Waals surface area (Å²) in [5.74, 6) is -11.4. The van der Waals surface area contributed by atoms with Crippen LogP contribution in [0.15, 0.2) is 4.99 Å². The Morgan fingerprint density at radius 2 is 1.47 bits per heavy atom. The number of carbonyl (C=O) groups excluding carboxylic acids is 1. The molecule has 3 saturated heterocycles. The fourth-order valence-electron chi connectivity index (χ4n) is 5.61. The van der Waals surface area contributed by atoms with Crippen LogP contribution in [0.4, 0.5) is 0 Å². The summed E-state index contributed by atoms with van der Waals surface area (Å²) in [6.07, 6.45) is -31.3. The quantitative estimate of drug-likeness (QED) is 0.0443. The Morgan fingerprint density at radius 3 is 1.98 bits per heavy atom. The summed E-state index contributed by atoms with van der Waals surface area (Å²) in [5, 5.41) is 157. The average Bonchev–Trinajstić information content (AvgIpc) is 3.03. The van der Waals surface area contributed by atoms with Gasteiger partial charge in [-0.2, -0.15) is 0 Å². The van der Waals surface area contributed by atoms with Crippen LogP contribution in [0.25, 0.3) is 0 Å². The van der Waals surface area contributed by atoms with Gasteiger partial charge in [0.05, 0.1) is 32.0 Å². The van der Waals surface area contributed by atoms with E-state index < -0.39 is 154 Å². The minimum atomic E-state index is -3.18. The number of carboxylic acids is 2. The Morgan fingerprint density at radius 1 is 0.882 bits per heavy atom. The normalized spacial score (nSPS) is 41.3. The Hall–Kier alpha value is -0.270. The molecule has 0 saturated carbocycles. The van der Waals surface area contributed by atoms with E-state index in [0.29, 0.717) is 0 Å². The van der Waals surface area contributed by atoms with E-state index in [9.17, 15) is 86.2 Å². The summed E-state index contributed by atoms with van der Waals surface area (Å²) >= 11 is 0. The van der Waals surface area contributed by atoms with Crippen LogP contribution in [0.3, 0.4) is 0 Å². The molecule has 51 heavy (non-hydrogen) atoms. The number of carbonyl (C=O) groups is 2. The Labute approximate surface area is 332 Å². The molecule has 25 heteroatoms. The Kier molecular flexibility index (Phi) is 19.2. The first-order chi connectivity index (χ1) is 22.7. The third-order valence-electron chi connectivity index (χ3n) is 8.29. The Bertz CT molecular complexity index is 1170. The number of rotatable bonds is 14. The predicted octanol–water partition coefficient (Wildman–Crippen LogP) is -16.7. The van der Waals surface area contributed by atoms with Gasteiger partial charge in [0.15, 0.2) is 6.29 Å². The van der Waals surface area contributed by atoms with Crippen molar-refractivity contribution in [3.63, 3.8) is 0 Å². The standard InChI is InChI=1S/C26H43NO22.2Na/c1-7(30)27-13-8(31)3-26(24(42)43,48-19(13)15(36)10(33)4-28)49-21-17(38)12(5-29)46-22(18(21)39)45-6-11(34)16(37)20-14(35)9(32)2-25(44,47-20)23(40)41;;/h8-22,28-29,31-39,44H,2-6H2,1H3,(H,27,30)(H,40,41)(H,42,43);;/q;2*+1/p-2/t8-,9-,10+,11+,12+,13+,14+,15+,16+,17-,18+,19+,20+,21-,22+,25-,26-;;/m0../s1. The van der Waals surface area contributed by atoms with E-state index in [1.165, 1.54) is 0 Å². The predicted molar refractivity (Wildman–Crippen MR) is 144 cm³/mol. The first kappa shape index (κ1) is 48.7. The summed E-state index contributed by atoms with van der Waals surface area (Å²) in [4.78, 5) is 27.4. The van der Waals surface area contributed by atoms with Crippen LogP contribution in [-0.2, 0) is 33.3 Å². The molecule has 13 N–H and O–H groups in total. The van der Waals surface area contributed by atoms with Crippen LogP contribution in [0.1, 0.15) is 19.8 Å². The second-order valence-corrected chi connectivity index (χ2v) is 11.9. The van der Waals surface area contributed by atoms with E-state index in [0.717, 1.165) is 6.92 Å². The van der Waals surface area contributed by atoms with Crippen molar-refractivity contribution in [2.24, 2.45) is 4.99 Å². The second-order valence-electron chi connectivity index (χ2n) is 11.9. The van der Waals surface area contributed by atoms with Gasteiger partial charge >= 0.3 is 65.1 Å². The summed E-state index contributed by atoms with van der Waals surface area (Å²) in [7, 11) is 0. The molecule has 0 unspecified atom stereocenters. The number of hydrogen-bond donors (Lipinski definition) is 13. The topological polar surface area (TPSA) is 402 Å². The molecule has 3 aliphatic heterocycles. The number of aliphatic carboxylic acids is 2. The van der Waals surface area contributed by atoms with Gasteiger partial charge in [-0.05, 0) is 12.8 Å².